The third-order valence-corrected chi connectivity index (χ3v) is 5.69. The van der Waals surface area contributed by atoms with Crippen molar-refractivity contribution in [3.8, 4) is 11.5 Å². The second kappa shape index (κ2) is 9.43. The SMILES string of the molecule is COc1cccc(NC2=C(c3ccc(OC(C)C)cc3)C(=O)N(c3ccc(C)c(C)c3)C2=O)c1. The quantitative estimate of drug-likeness (QED) is 0.476. The van der Waals surface area contributed by atoms with Gasteiger partial charge in [0.1, 0.15) is 17.2 Å². The summed E-state index contributed by atoms with van der Waals surface area (Å²) in [7, 11) is 1.58. The van der Waals surface area contributed by atoms with Crippen molar-refractivity contribution in [2.75, 3.05) is 17.3 Å². The summed E-state index contributed by atoms with van der Waals surface area (Å²) in [5, 5.41) is 3.17. The van der Waals surface area contributed by atoms with Crippen LogP contribution in [-0.4, -0.2) is 25.0 Å². The number of carbonyl (C=O) groups is 2. The van der Waals surface area contributed by atoms with Crippen molar-refractivity contribution in [1.82, 2.24) is 0 Å². The van der Waals surface area contributed by atoms with Gasteiger partial charge in [-0.3, -0.25) is 9.59 Å². The number of methoxy groups -OCH3 is 1. The minimum atomic E-state index is -0.409. The molecule has 6 nitrogen and oxygen atoms in total. The number of benzene rings is 3. The van der Waals surface area contributed by atoms with E-state index in [1.807, 2.05) is 70.2 Å². The number of nitrogens with zero attached hydrogens (tertiary/aromatic N) is 1. The number of ether oxygens (including phenoxy) is 2. The Morgan fingerprint density at radius 2 is 1.56 bits per heavy atom. The molecule has 174 valence electrons. The standard InChI is InChI=1S/C28H28N2O4/c1-17(2)34-23-13-10-20(11-14-23)25-26(29-21-7-6-8-24(16-21)33-5)28(32)30(27(25)31)22-12-9-18(3)19(4)15-22/h6-17,29H,1-5H3. The van der Waals surface area contributed by atoms with Crippen molar-refractivity contribution < 1.29 is 19.1 Å². The van der Waals surface area contributed by atoms with Gasteiger partial charge in [-0.1, -0.05) is 24.3 Å². The van der Waals surface area contributed by atoms with Crippen LogP contribution in [0, 0.1) is 13.8 Å². The van der Waals surface area contributed by atoms with Crippen LogP contribution in [0.25, 0.3) is 5.57 Å². The molecule has 4 rings (SSSR count). The Labute approximate surface area is 199 Å². The molecule has 0 unspecified atom stereocenters. The van der Waals surface area contributed by atoms with Gasteiger partial charge in [-0.25, -0.2) is 4.90 Å². The van der Waals surface area contributed by atoms with Crippen LogP contribution in [0.1, 0.15) is 30.5 Å². The molecule has 1 heterocycles. The number of amides is 2. The second-order valence-electron chi connectivity index (χ2n) is 8.51. The first kappa shape index (κ1) is 23.1. The Kier molecular flexibility index (Phi) is 6.41. The van der Waals surface area contributed by atoms with Gasteiger partial charge in [0, 0.05) is 11.8 Å². The zero-order valence-corrected chi connectivity index (χ0v) is 20.0. The van der Waals surface area contributed by atoms with Gasteiger partial charge < -0.3 is 14.8 Å². The normalized spacial score (nSPS) is 13.6. The number of hydrogen-bond donors (Lipinski definition) is 1. The van der Waals surface area contributed by atoms with Crippen molar-refractivity contribution >= 4 is 28.8 Å². The van der Waals surface area contributed by atoms with E-state index in [2.05, 4.69) is 5.32 Å². The number of carbonyl (C=O) groups excluding carboxylic acids is 2. The molecular formula is C28H28N2O4. The summed E-state index contributed by atoms with van der Waals surface area (Å²) < 4.78 is 11.0. The molecule has 3 aromatic rings. The summed E-state index contributed by atoms with van der Waals surface area (Å²) in [5.41, 5.74) is 4.44. The number of imide groups is 1. The van der Waals surface area contributed by atoms with Crippen LogP contribution in [0.15, 0.2) is 72.4 Å². The van der Waals surface area contributed by atoms with Crippen molar-refractivity contribution in [1.29, 1.82) is 0 Å². The molecule has 0 aromatic heterocycles. The molecule has 34 heavy (non-hydrogen) atoms. The fourth-order valence-corrected chi connectivity index (χ4v) is 3.83. The third kappa shape index (κ3) is 4.53. The largest absolute Gasteiger partial charge is 0.497 e. The zero-order chi connectivity index (χ0) is 24.4. The van der Waals surface area contributed by atoms with E-state index in [-0.39, 0.29) is 17.7 Å². The summed E-state index contributed by atoms with van der Waals surface area (Å²) in [6.45, 7) is 7.86. The van der Waals surface area contributed by atoms with Gasteiger partial charge in [0.2, 0.25) is 0 Å². The molecule has 1 N–H and O–H groups in total. The summed E-state index contributed by atoms with van der Waals surface area (Å²) in [6, 6.07) is 20.0. The first-order valence-electron chi connectivity index (χ1n) is 11.2. The van der Waals surface area contributed by atoms with Crippen molar-refractivity contribution in [3.05, 3.63) is 89.1 Å². The average Bonchev–Trinajstić information content (AvgIpc) is 3.05. The van der Waals surface area contributed by atoms with Gasteiger partial charge in [-0.15, -0.1) is 0 Å². The summed E-state index contributed by atoms with van der Waals surface area (Å²) in [6.07, 6.45) is 0.0327. The monoisotopic (exact) mass is 456 g/mol. The molecule has 3 aromatic carbocycles. The Morgan fingerprint density at radius 3 is 2.21 bits per heavy atom. The van der Waals surface area contributed by atoms with E-state index >= 15 is 0 Å². The molecule has 0 atom stereocenters. The smallest absolute Gasteiger partial charge is 0.282 e. The number of hydrogen-bond acceptors (Lipinski definition) is 5. The fourth-order valence-electron chi connectivity index (χ4n) is 3.83. The minimum Gasteiger partial charge on any atom is -0.497 e. The van der Waals surface area contributed by atoms with Crippen LogP contribution in [0.2, 0.25) is 0 Å². The number of rotatable bonds is 7. The fraction of sp³-hybridized carbons (Fsp3) is 0.214. The topological polar surface area (TPSA) is 67.9 Å². The number of nitrogens with one attached hydrogen (secondary N) is 1. The predicted molar refractivity (Wildman–Crippen MR) is 134 cm³/mol. The zero-order valence-electron chi connectivity index (χ0n) is 20.0. The molecular weight excluding hydrogens is 428 g/mol. The first-order valence-corrected chi connectivity index (χ1v) is 11.2. The van der Waals surface area contributed by atoms with Crippen LogP contribution in [-0.2, 0) is 9.59 Å². The van der Waals surface area contributed by atoms with E-state index in [0.717, 1.165) is 11.1 Å². The predicted octanol–water partition coefficient (Wildman–Crippen LogP) is 5.50. The molecule has 0 bridgehead atoms. The lowest BCUT2D eigenvalue weighted by atomic mass is 10.0. The van der Waals surface area contributed by atoms with Crippen LogP contribution in [0.4, 0.5) is 11.4 Å². The third-order valence-electron chi connectivity index (χ3n) is 5.69. The van der Waals surface area contributed by atoms with Gasteiger partial charge in [-0.2, -0.15) is 0 Å². The molecule has 0 saturated heterocycles. The van der Waals surface area contributed by atoms with Crippen molar-refractivity contribution in [3.63, 3.8) is 0 Å². The summed E-state index contributed by atoms with van der Waals surface area (Å²) >= 11 is 0. The Balaban J connectivity index is 1.79. The summed E-state index contributed by atoms with van der Waals surface area (Å²) in [5.74, 6) is 0.555. The van der Waals surface area contributed by atoms with Crippen LogP contribution >= 0.6 is 0 Å². The Bertz CT molecular complexity index is 1280. The molecule has 2 amide bonds. The molecule has 0 spiro atoms. The highest BCUT2D eigenvalue weighted by atomic mass is 16.5. The van der Waals surface area contributed by atoms with Crippen molar-refractivity contribution in [2.24, 2.45) is 0 Å². The second-order valence-corrected chi connectivity index (χ2v) is 8.51. The Morgan fingerprint density at radius 1 is 0.824 bits per heavy atom. The van der Waals surface area contributed by atoms with E-state index in [4.69, 9.17) is 9.47 Å². The summed E-state index contributed by atoms with van der Waals surface area (Å²) in [4.78, 5) is 28.5. The maximum absolute atomic E-state index is 13.7. The van der Waals surface area contributed by atoms with E-state index in [1.54, 1.807) is 31.4 Å². The average molecular weight is 457 g/mol. The molecule has 1 aliphatic rings. The van der Waals surface area contributed by atoms with E-state index < -0.39 is 5.91 Å². The van der Waals surface area contributed by atoms with E-state index in [0.29, 0.717) is 34.0 Å². The van der Waals surface area contributed by atoms with E-state index in [9.17, 15) is 9.59 Å². The van der Waals surface area contributed by atoms with Gasteiger partial charge in [0.05, 0.1) is 24.5 Å². The Hall–Kier alpha value is -4.06. The van der Waals surface area contributed by atoms with E-state index in [1.165, 1.54) is 4.90 Å². The highest BCUT2D eigenvalue weighted by Gasteiger charge is 2.40. The highest BCUT2D eigenvalue weighted by molar-refractivity contribution is 6.46. The van der Waals surface area contributed by atoms with Gasteiger partial charge in [0.15, 0.2) is 0 Å². The molecule has 0 fully saturated rings. The van der Waals surface area contributed by atoms with Gasteiger partial charge in [-0.05, 0) is 80.8 Å². The van der Waals surface area contributed by atoms with Gasteiger partial charge in [0.25, 0.3) is 11.8 Å². The maximum Gasteiger partial charge on any atom is 0.282 e. The molecule has 0 radical (unpaired) electrons. The highest BCUT2D eigenvalue weighted by Crippen LogP contribution is 2.35. The first-order chi connectivity index (χ1) is 16.3. The minimum absolute atomic E-state index is 0.0327. The van der Waals surface area contributed by atoms with Crippen LogP contribution in [0.5, 0.6) is 11.5 Å². The number of anilines is 2. The van der Waals surface area contributed by atoms with Crippen molar-refractivity contribution in [2.45, 2.75) is 33.8 Å². The number of aryl methyl sites for hydroxylation is 2. The van der Waals surface area contributed by atoms with Crippen LogP contribution < -0.4 is 19.7 Å². The molecule has 0 saturated carbocycles. The lowest BCUT2D eigenvalue weighted by Gasteiger charge is -2.17. The molecule has 0 aliphatic carbocycles. The van der Waals surface area contributed by atoms with Crippen LogP contribution in [0.3, 0.4) is 0 Å². The molecule has 6 heteroatoms. The molecule has 1 aliphatic heterocycles. The lowest BCUT2D eigenvalue weighted by molar-refractivity contribution is -0.120. The van der Waals surface area contributed by atoms with Gasteiger partial charge >= 0.3 is 0 Å². The maximum atomic E-state index is 13.7. The lowest BCUT2D eigenvalue weighted by Crippen LogP contribution is -2.32.